The van der Waals surface area contributed by atoms with Gasteiger partial charge >= 0.3 is 0 Å². The number of fused-ring (bicyclic) bond motifs is 1. The Balaban J connectivity index is 1.38. The Hall–Kier alpha value is -4.77. The predicted octanol–water partition coefficient (Wildman–Crippen LogP) is 4.69. The molecule has 0 saturated carbocycles. The average molecular weight is 570 g/mol. The molecular formula is C30H31N7O3S. The van der Waals surface area contributed by atoms with E-state index in [-0.39, 0.29) is 24.9 Å². The smallest absolute Gasteiger partial charge is 0.246 e. The molecule has 2 aromatic heterocycles. The van der Waals surface area contributed by atoms with Gasteiger partial charge in [0.1, 0.15) is 28.9 Å². The summed E-state index contributed by atoms with van der Waals surface area (Å²) in [6.07, 6.45) is 0. The van der Waals surface area contributed by atoms with Crippen LogP contribution in [0, 0.1) is 0 Å². The standard InChI is InChI=1S/C30H31N7O3S/c1-20(30(39)31-22-11-13-23(14-12-22)35(2)3)36(29(38)18-37-27-8-6-5-7-25(27)33-34-37)17-28-32-26(19-41-28)21-9-15-24(40-4)16-10-21/h5-16,19-20H,17-18H2,1-4H3,(H,31,39). The molecule has 0 aliphatic heterocycles. The van der Waals surface area contributed by atoms with Crippen LogP contribution in [0.25, 0.3) is 22.3 Å². The van der Waals surface area contributed by atoms with Crippen LogP contribution >= 0.6 is 11.3 Å². The van der Waals surface area contributed by atoms with Gasteiger partial charge in [-0.15, -0.1) is 16.4 Å². The lowest BCUT2D eigenvalue weighted by molar-refractivity contribution is -0.139. The van der Waals surface area contributed by atoms with Gasteiger partial charge in [0, 0.05) is 36.4 Å². The highest BCUT2D eigenvalue weighted by Crippen LogP contribution is 2.26. The van der Waals surface area contributed by atoms with Crippen LogP contribution in [0.4, 0.5) is 11.4 Å². The molecule has 1 atom stereocenters. The first-order valence-corrected chi connectivity index (χ1v) is 13.9. The zero-order valence-electron chi connectivity index (χ0n) is 23.3. The van der Waals surface area contributed by atoms with Gasteiger partial charge in [0.2, 0.25) is 11.8 Å². The number of ether oxygens (including phenoxy) is 1. The van der Waals surface area contributed by atoms with Crippen molar-refractivity contribution in [2.24, 2.45) is 0 Å². The first kappa shape index (κ1) is 27.8. The van der Waals surface area contributed by atoms with Crippen molar-refractivity contribution in [3.63, 3.8) is 0 Å². The summed E-state index contributed by atoms with van der Waals surface area (Å²) in [4.78, 5) is 35.4. The van der Waals surface area contributed by atoms with Gasteiger partial charge in [-0.25, -0.2) is 9.67 Å². The van der Waals surface area contributed by atoms with Crippen LogP contribution < -0.4 is 15.0 Å². The molecule has 2 heterocycles. The fourth-order valence-corrected chi connectivity index (χ4v) is 5.15. The molecule has 11 heteroatoms. The molecule has 5 rings (SSSR count). The molecule has 0 aliphatic carbocycles. The molecule has 0 saturated heterocycles. The molecule has 41 heavy (non-hydrogen) atoms. The number of nitrogens with zero attached hydrogens (tertiary/aromatic N) is 6. The van der Waals surface area contributed by atoms with E-state index >= 15 is 0 Å². The summed E-state index contributed by atoms with van der Waals surface area (Å²) in [7, 11) is 5.53. The summed E-state index contributed by atoms with van der Waals surface area (Å²) in [6, 6.07) is 21.8. The number of nitrogens with one attached hydrogen (secondary N) is 1. The summed E-state index contributed by atoms with van der Waals surface area (Å²) in [6.45, 7) is 1.83. The van der Waals surface area contributed by atoms with Crippen molar-refractivity contribution in [1.82, 2.24) is 24.9 Å². The molecule has 3 aromatic carbocycles. The highest BCUT2D eigenvalue weighted by atomic mass is 32.1. The fourth-order valence-electron chi connectivity index (χ4n) is 4.35. The van der Waals surface area contributed by atoms with E-state index in [4.69, 9.17) is 9.72 Å². The normalized spacial score (nSPS) is 11.7. The minimum atomic E-state index is -0.779. The number of carbonyl (C=O) groups excluding carboxylic acids is 2. The van der Waals surface area contributed by atoms with E-state index in [1.54, 1.807) is 18.7 Å². The molecule has 0 aliphatic rings. The van der Waals surface area contributed by atoms with E-state index in [1.807, 2.05) is 97.2 Å². The van der Waals surface area contributed by atoms with Crippen LogP contribution in [0.1, 0.15) is 11.9 Å². The van der Waals surface area contributed by atoms with E-state index < -0.39 is 6.04 Å². The molecule has 0 spiro atoms. The lowest BCUT2D eigenvalue weighted by Gasteiger charge is -2.28. The second-order valence-corrected chi connectivity index (χ2v) is 10.7. The summed E-state index contributed by atoms with van der Waals surface area (Å²) >= 11 is 1.44. The largest absolute Gasteiger partial charge is 0.497 e. The number of hydrogen-bond acceptors (Lipinski definition) is 8. The lowest BCUT2D eigenvalue weighted by Crippen LogP contribution is -2.46. The Morgan fingerprint density at radius 3 is 2.46 bits per heavy atom. The van der Waals surface area contributed by atoms with Crippen molar-refractivity contribution >= 4 is 45.6 Å². The number of hydrogen-bond donors (Lipinski definition) is 1. The van der Waals surface area contributed by atoms with Gasteiger partial charge < -0.3 is 19.9 Å². The quantitative estimate of drug-likeness (QED) is 0.260. The Morgan fingerprint density at radius 2 is 1.76 bits per heavy atom. The van der Waals surface area contributed by atoms with Crippen LogP contribution in [-0.2, 0) is 22.7 Å². The topological polar surface area (TPSA) is 105 Å². The number of aromatic nitrogens is 4. The lowest BCUT2D eigenvalue weighted by atomic mass is 10.2. The zero-order chi connectivity index (χ0) is 28.9. The Labute approximate surface area is 242 Å². The van der Waals surface area contributed by atoms with Crippen molar-refractivity contribution < 1.29 is 14.3 Å². The Kier molecular flexibility index (Phi) is 8.25. The van der Waals surface area contributed by atoms with Gasteiger partial charge in [0.05, 0.1) is 24.9 Å². The fraction of sp³-hybridized carbons (Fsp3) is 0.233. The first-order valence-electron chi connectivity index (χ1n) is 13.1. The van der Waals surface area contributed by atoms with Crippen molar-refractivity contribution in [1.29, 1.82) is 0 Å². The third-order valence-electron chi connectivity index (χ3n) is 6.77. The Bertz CT molecular complexity index is 1640. The maximum atomic E-state index is 13.7. The molecule has 2 amide bonds. The van der Waals surface area contributed by atoms with Gasteiger partial charge in [-0.2, -0.15) is 0 Å². The molecule has 5 aromatic rings. The zero-order valence-corrected chi connectivity index (χ0v) is 24.1. The van der Waals surface area contributed by atoms with E-state index in [2.05, 4.69) is 15.6 Å². The van der Waals surface area contributed by atoms with Crippen LogP contribution in [0.2, 0.25) is 0 Å². The molecule has 1 N–H and O–H groups in total. The minimum Gasteiger partial charge on any atom is -0.497 e. The maximum Gasteiger partial charge on any atom is 0.246 e. The van der Waals surface area contributed by atoms with Crippen LogP contribution in [-0.4, -0.2) is 63.9 Å². The molecule has 0 fully saturated rings. The van der Waals surface area contributed by atoms with E-state index in [1.165, 1.54) is 16.2 Å². The van der Waals surface area contributed by atoms with Gasteiger partial charge in [0.15, 0.2) is 0 Å². The highest BCUT2D eigenvalue weighted by Gasteiger charge is 2.28. The van der Waals surface area contributed by atoms with Crippen LogP contribution in [0.3, 0.4) is 0 Å². The number of rotatable bonds is 10. The first-order chi connectivity index (χ1) is 19.8. The number of thiazole rings is 1. The summed E-state index contributed by atoms with van der Waals surface area (Å²) < 4.78 is 6.81. The third kappa shape index (κ3) is 6.36. The highest BCUT2D eigenvalue weighted by molar-refractivity contribution is 7.09. The number of amides is 2. The van der Waals surface area contributed by atoms with Gasteiger partial charge in [-0.3, -0.25) is 9.59 Å². The minimum absolute atomic E-state index is 0.0631. The molecule has 210 valence electrons. The molecule has 1 unspecified atom stereocenters. The average Bonchev–Trinajstić information content (AvgIpc) is 3.63. The second kappa shape index (κ2) is 12.2. The summed E-state index contributed by atoms with van der Waals surface area (Å²) in [5.41, 5.74) is 4.84. The second-order valence-electron chi connectivity index (χ2n) is 9.72. The van der Waals surface area contributed by atoms with E-state index in [0.717, 1.165) is 28.2 Å². The van der Waals surface area contributed by atoms with Gasteiger partial charge in [0.25, 0.3) is 0 Å². The SMILES string of the molecule is COc1ccc(-c2csc(CN(C(=O)Cn3nnc4ccccc43)C(C)C(=O)Nc3ccc(N(C)C)cc3)n2)cc1. The molecule has 10 nitrogen and oxygen atoms in total. The van der Waals surface area contributed by atoms with E-state index in [9.17, 15) is 9.59 Å². The molecule has 0 radical (unpaired) electrons. The van der Waals surface area contributed by atoms with Gasteiger partial charge in [-0.1, -0.05) is 17.3 Å². The third-order valence-corrected chi connectivity index (χ3v) is 7.60. The number of anilines is 2. The molecular weight excluding hydrogens is 538 g/mol. The number of benzene rings is 3. The number of para-hydroxylation sites is 1. The molecule has 0 bridgehead atoms. The van der Waals surface area contributed by atoms with Crippen molar-refractivity contribution in [3.8, 4) is 17.0 Å². The maximum absolute atomic E-state index is 13.7. The monoisotopic (exact) mass is 569 g/mol. The van der Waals surface area contributed by atoms with Crippen molar-refractivity contribution in [2.45, 2.75) is 26.1 Å². The number of methoxy groups -OCH3 is 1. The van der Waals surface area contributed by atoms with Crippen molar-refractivity contribution in [3.05, 3.63) is 83.2 Å². The van der Waals surface area contributed by atoms with Gasteiger partial charge in [-0.05, 0) is 67.6 Å². The van der Waals surface area contributed by atoms with Crippen molar-refractivity contribution in [2.75, 3.05) is 31.4 Å². The predicted molar refractivity (Wildman–Crippen MR) is 161 cm³/mol. The van der Waals surface area contributed by atoms with Crippen LogP contribution in [0.15, 0.2) is 78.2 Å². The summed E-state index contributed by atoms with van der Waals surface area (Å²) in [5.74, 6) is 0.191. The van der Waals surface area contributed by atoms with E-state index in [0.29, 0.717) is 16.2 Å². The van der Waals surface area contributed by atoms with Crippen LogP contribution in [0.5, 0.6) is 5.75 Å². The number of carbonyl (C=O) groups is 2. The summed E-state index contributed by atoms with van der Waals surface area (Å²) in [5, 5.41) is 13.9. The Morgan fingerprint density at radius 1 is 1.02 bits per heavy atom.